The minimum atomic E-state index is -0.668. The molecule has 0 aliphatic carbocycles. The van der Waals surface area contributed by atoms with Gasteiger partial charge in [0, 0.05) is 6.92 Å². The van der Waals surface area contributed by atoms with E-state index in [9.17, 15) is 4.79 Å². The standard InChI is InChI=1S/C18H27ClO3/c1-3-4-5-9-12-17(13-16-10-7-6-8-11-16)22-18(14-19)21-15(2)20/h6-8,10-11,17-18H,3-5,9,12-14H2,1-2H3. The Labute approximate surface area is 139 Å². The summed E-state index contributed by atoms with van der Waals surface area (Å²) < 4.78 is 11.0. The first-order chi connectivity index (χ1) is 10.7. The Morgan fingerprint density at radius 2 is 1.91 bits per heavy atom. The highest BCUT2D eigenvalue weighted by atomic mass is 35.5. The van der Waals surface area contributed by atoms with Crippen LogP contribution >= 0.6 is 11.6 Å². The maximum absolute atomic E-state index is 11.1. The monoisotopic (exact) mass is 326 g/mol. The Balaban J connectivity index is 2.57. The fourth-order valence-electron chi connectivity index (χ4n) is 2.39. The average molecular weight is 327 g/mol. The maximum Gasteiger partial charge on any atom is 0.304 e. The molecule has 1 rings (SSSR count). The second kappa shape index (κ2) is 11.5. The van der Waals surface area contributed by atoms with Crippen LogP contribution in [0.5, 0.6) is 0 Å². The molecule has 0 fully saturated rings. The van der Waals surface area contributed by atoms with E-state index in [1.807, 2.05) is 18.2 Å². The number of hydrogen-bond acceptors (Lipinski definition) is 3. The lowest BCUT2D eigenvalue weighted by Crippen LogP contribution is -2.29. The van der Waals surface area contributed by atoms with Gasteiger partial charge >= 0.3 is 5.97 Å². The summed E-state index contributed by atoms with van der Waals surface area (Å²) in [6.45, 7) is 3.57. The van der Waals surface area contributed by atoms with Crippen LogP contribution in [-0.2, 0) is 20.7 Å². The SMILES string of the molecule is CCCCCCC(Cc1ccccc1)OC(CCl)OC(C)=O. The summed E-state index contributed by atoms with van der Waals surface area (Å²) >= 11 is 5.84. The van der Waals surface area contributed by atoms with E-state index >= 15 is 0 Å². The normalized spacial score (nSPS) is 13.6. The highest BCUT2D eigenvalue weighted by Gasteiger charge is 2.18. The van der Waals surface area contributed by atoms with Crippen LogP contribution < -0.4 is 0 Å². The van der Waals surface area contributed by atoms with E-state index in [2.05, 4.69) is 19.1 Å². The summed E-state index contributed by atoms with van der Waals surface area (Å²) in [6.07, 6.45) is 5.86. The third-order valence-corrected chi connectivity index (χ3v) is 3.71. The highest BCUT2D eigenvalue weighted by Crippen LogP contribution is 2.16. The van der Waals surface area contributed by atoms with Gasteiger partial charge in [0.05, 0.1) is 12.0 Å². The minimum Gasteiger partial charge on any atom is -0.435 e. The van der Waals surface area contributed by atoms with Gasteiger partial charge in [0.2, 0.25) is 6.29 Å². The first-order valence-electron chi connectivity index (χ1n) is 8.08. The minimum absolute atomic E-state index is 0.0161. The van der Waals surface area contributed by atoms with Crippen LogP contribution in [0.15, 0.2) is 30.3 Å². The molecular weight excluding hydrogens is 300 g/mol. The van der Waals surface area contributed by atoms with Gasteiger partial charge in [-0.25, -0.2) is 0 Å². The number of alkyl halides is 1. The van der Waals surface area contributed by atoms with Gasteiger partial charge in [0.15, 0.2) is 0 Å². The topological polar surface area (TPSA) is 35.5 Å². The fraction of sp³-hybridized carbons (Fsp3) is 0.611. The number of benzene rings is 1. The number of carbonyl (C=O) groups is 1. The summed E-state index contributed by atoms with van der Waals surface area (Å²) in [6, 6.07) is 10.2. The predicted molar refractivity (Wildman–Crippen MR) is 90.1 cm³/mol. The molecule has 0 saturated carbocycles. The van der Waals surface area contributed by atoms with Crippen molar-refractivity contribution in [2.75, 3.05) is 5.88 Å². The number of carbonyl (C=O) groups excluding carboxylic acids is 1. The van der Waals surface area contributed by atoms with E-state index < -0.39 is 6.29 Å². The summed E-state index contributed by atoms with van der Waals surface area (Å²) in [5.74, 6) is -0.213. The molecule has 1 aromatic rings. The van der Waals surface area contributed by atoms with Crippen molar-refractivity contribution in [2.24, 2.45) is 0 Å². The Morgan fingerprint density at radius 3 is 2.50 bits per heavy atom. The molecule has 22 heavy (non-hydrogen) atoms. The first-order valence-corrected chi connectivity index (χ1v) is 8.61. The Kier molecular flexibility index (Phi) is 9.93. The number of hydrogen-bond donors (Lipinski definition) is 0. The van der Waals surface area contributed by atoms with E-state index in [0.29, 0.717) is 0 Å². The lowest BCUT2D eigenvalue weighted by molar-refractivity contribution is -0.182. The average Bonchev–Trinajstić information content (AvgIpc) is 2.51. The summed E-state index contributed by atoms with van der Waals surface area (Å²) in [4.78, 5) is 11.1. The molecule has 0 aliphatic rings. The molecule has 0 bridgehead atoms. The van der Waals surface area contributed by atoms with Crippen LogP contribution in [0.1, 0.15) is 51.5 Å². The van der Waals surface area contributed by atoms with E-state index in [0.717, 1.165) is 19.3 Å². The predicted octanol–water partition coefficient (Wildman–Crippen LogP) is 4.71. The van der Waals surface area contributed by atoms with Crippen molar-refractivity contribution in [3.63, 3.8) is 0 Å². The molecule has 0 spiro atoms. The van der Waals surface area contributed by atoms with E-state index in [4.69, 9.17) is 21.1 Å². The summed E-state index contributed by atoms with van der Waals surface area (Å²) in [7, 11) is 0. The molecule has 2 unspecified atom stereocenters. The molecule has 0 aliphatic heterocycles. The highest BCUT2D eigenvalue weighted by molar-refractivity contribution is 6.18. The Bertz CT molecular complexity index is 408. The van der Waals surface area contributed by atoms with Crippen molar-refractivity contribution < 1.29 is 14.3 Å². The molecule has 0 heterocycles. The quantitative estimate of drug-likeness (QED) is 0.255. The number of ether oxygens (including phenoxy) is 2. The van der Waals surface area contributed by atoms with E-state index in [1.165, 1.54) is 31.7 Å². The summed E-state index contributed by atoms with van der Waals surface area (Å²) in [5, 5.41) is 0. The fourth-order valence-corrected chi connectivity index (χ4v) is 2.53. The molecule has 2 atom stereocenters. The Morgan fingerprint density at radius 1 is 1.18 bits per heavy atom. The van der Waals surface area contributed by atoms with Gasteiger partial charge in [-0.3, -0.25) is 4.79 Å². The second-order valence-electron chi connectivity index (χ2n) is 5.49. The third kappa shape index (κ3) is 8.40. The zero-order valence-electron chi connectivity index (χ0n) is 13.6. The second-order valence-corrected chi connectivity index (χ2v) is 5.80. The largest absolute Gasteiger partial charge is 0.435 e. The smallest absolute Gasteiger partial charge is 0.304 e. The molecule has 0 N–H and O–H groups in total. The maximum atomic E-state index is 11.1. The molecule has 3 nitrogen and oxygen atoms in total. The van der Waals surface area contributed by atoms with Gasteiger partial charge < -0.3 is 9.47 Å². The van der Waals surface area contributed by atoms with Crippen LogP contribution in [0.2, 0.25) is 0 Å². The van der Waals surface area contributed by atoms with Crippen molar-refractivity contribution in [2.45, 2.75) is 64.8 Å². The van der Waals surface area contributed by atoms with Gasteiger partial charge in [0.25, 0.3) is 0 Å². The Hall–Kier alpha value is -1.06. The molecule has 0 aromatic heterocycles. The molecule has 0 amide bonds. The first kappa shape index (κ1) is 19.0. The van der Waals surface area contributed by atoms with Crippen LogP contribution in [-0.4, -0.2) is 24.2 Å². The number of halogens is 1. The van der Waals surface area contributed by atoms with Gasteiger partial charge in [-0.15, -0.1) is 11.6 Å². The van der Waals surface area contributed by atoms with Gasteiger partial charge in [-0.05, 0) is 18.4 Å². The molecule has 124 valence electrons. The van der Waals surface area contributed by atoms with Gasteiger partial charge in [-0.2, -0.15) is 0 Å². The number of unbranched alkanes of at least 4 members (excludes halogenated alkanes) is 3. The molecule has 1 aromatic carbocycles. The molecular formula is C18H27ClO3. The van der Waals surface area contributed by atoms with Crippen molar-refractivity contribution in [1.82, 2.24) is 0 Å². The lowest BCUT2D eigenvalue weighted by Gasteiger charge is -2.23. The number of esters is 1. The van der Waals surface area contributed by atoms with E-state index in [1.54, 1.807) is 0 Å². The van der Waals surface area contributed by atoms with Gasteiger partial charge in [0.1, 0.15) is 0 Å². The molecule has 0 saturated heterocycles. The molecule has 4 heteroatoms. The lowest BCUT2D eigenvalue weighted by atomic mass is 10.0. The molecule has 0 radical (unpaired) electrons. The van der Waals surface area contributed by atoms with Gasteiger partial charge in [-0.1, -0.05) is 62.9 Å². The van der Waals surface area contributed by atoms with Crippen LogP contribution in [0.3, 0.4) is 0 Å². The third-order valence-electron chi connectivity index (χ3n) is 3.45. The zero-order valence-corrected chi connectivity index (χ0v) is 14.3. The van der Waals surface area contributed by atoms with E-state index in [-0.39, 0.29) is 18.0 Å². The van der Waals surface area contributed by atoms with Crippen LogP contribution in [0.4, 0.5) is 0 Å². The summed E-state index contributed by atoms with van der Waals surface area (Å²) in [5.41, 5.74) is 1.22. The zero-order chi connectivity index (χ0) is 16.2. The van der Waals surface area contributed by atoms with Crippen molar-refractivity contribution >= 4 is 17.6 Å². The van der Waals surface area contributed by atoms with Crippen molar-refractivity contribution in [3.8, 4) is 0 Å². The number of rotatable bonds is 11. The van der Waals surface area contributed by atoms with Crippen LogP contribution in [0, 0.1) is 0 Å². The van der Waals surface area contributed by atoms with Crippen molar-refractivity contribution in [3.05, 3.63) is 35.9 Å². The van der Waals surface area contributed by atoms with Crippen LogP contribution in [0.25, 0.3) is 0 Å². The van der Waals surface area contributed by atoms with Crippen molar-refractivity contribution in [1.29, 1.82) is 0 Å².